The van der Waals surface area contributed by atoms with Gasteiger partial charge in [-0.05, 0) is 23.1 Å². The summed E-state index contributed by atoms with van der Waals surface area (Å²) in [5, 5.41) is 3.15. The van der Waals surface area contributed by atoms with E-state index in [9.17, 15) is 9.59 Å². The Kier molecular flexibility index (Phi) is 6.62. The number of carbonyl (C=O) groups excluding carboxylic acids is 2. The highest BCUT2D eigenvalue weighted by Gasteiger charge is 2.31. The molecule has 2 amide bonds. The number of likely N-dealkylation sites (tertiary alicyclic amines) is 1. The van der Waals surface area contributed by atoms with Gasteiger partial charge in [-0.15, -0.1) is 0 Å². The minimum Gasteiger partial charge on any atom is -0.445 e. The summed E-state index contributed by atoms with van der Waals surface area (Å²) in [6, 6.07) is 29.1. The van der Waals surface area contributed by atoms with Gasteiger partial charge in [0, 0.05) is 19.1 Å². The van der Waals surface area contributed by atoms with E-state index < -0.39 is 0 Å². The second kappa shape index (κ2) is 9.94. The summed E-state index contributed by atoms with van der Waals surface area (Å²) < 4.78 is 5.43. The quantitative estimate of drug-likeness (QED) is 0.653. The van der Waals surface area contributed by atoms with Crippen molar-refractivity contribution >= 4 is 12.0 Å². The molecule has 0 radical (unpaired) electrons. The molecule has 1 aliphatic rings. The second-order valence-electron chi connectivity index (χ2n) is 7.73. The first-order valence-electron chi connectivity index (χ1n) is 10.6. The maximum Gasteiger partial charge on any atom is 0.410 e. The molecule has 0 spiro atoms. The molecule has 1 heterocycles. The van der Waals surface area contributed by atoms with E-state index in [0.717, 1.165) is 16.7 Å². The van der Waals surface area contributed by atoms with Crippen LogP contribution in [0, 0.1) is 0 Å². The molecule has 31 heavy (non-hydrogen) atoms. The summed E-state index contributed by atoms with van der Waals surface area (Å²) in [5.74, 6) is -0.441. The lowest BCUT2D eigenvalue weighted by Crippen LogP contribution is -2.41. The predicted octanol–water partition coefficient (Wildman–Crippen LogP) is 4.35. The van der Waals surface area contributed by atoms with Crippen molar-refractivity contribution in [2.45, 2.75) is 25.0 Å². The standard InChI is InChI=1S/C26H26N2O3/c29-25(24(21-12-6-2-7-13-21)22-14-8-3-9-15-22)27-23-16-17-28(18-23)26(30)31-19-20-10-4-1-5-11-20/h1-15,23-24H,16-19H2,(H,27,29). The fourth-order valence-corrected chi connectivity index (χ4v) is 3.93. The lowest BCUT2D eigenvalue weighted by molar-refractivity contribution is -0.122. The first kappa shape index (κ1) is 20.7. The van der Waals surface area contributed by atoms with Gasteiger partial charge in [-0.2, -0.15) is 0 Å². The molecule has 3 aromatic rings. The fraction of sp³-hybridized carbons (Fsp3) is 0.231. The molecule has 0 aromatic heterocycles. The summed E-state index contributed by atoms with van der Waals surface area (Å²) >= 11 is 0. The largest absolute Gasteiger partial charge is 0.445 e. The van der Waals surface area contributed by atoms with Crippen molar-refractivity contribution in [1.82, 2.24) is 10.2 Å². The number of carbonyl (C=O) groups is 2. The maximum atomic E-state index is 13.2. The molecule has 158 valence electrons. The van der Waals surface area contributed by atoms with Crippen LogP contribution >= 0.6 is 0 Å². The Bertz CT molecular complexity index is 953. The average Bonchev–Trinajstić information content (AvgIpc) is 3.28. The van der Waals surface area contributed by atoms with Gasteiger partial charge >= 0.3 is 6.09 Å². The van der Waals surface area contributed by atoms with Gasteiger partial charge in [-0.1, -0.05) is 91.0 Å². The third-order valence-electron chi connectivity index (χ3n) is 5.53. The summed E-state index contributed by atoms with van der Waals surface area (Å²) in [4.78, 5) is 27.3. The Labute approximate surface area is 182 Å². The molecule has 0 aliphatic carbocycles. The molecular weight excluding hydrogens is 388 g/mol. The number of nitrogens with one attached hydrogen (secondary N) is 1. The number of amides is 2. The van der Waals surface area contributed by atoms with Crippen LogP contribution in [0.3, 0.4) is 0 Å². The van der Waals surface area contributed by atoms with E-state index in [1.807, 2.05) is 91.0 Å². The van der Waals surface area contributed by atoms with Gasteiger partial charge < -0.3 is 15.0 Å². The number of ether oxygens (including phenoxy) is 1. The Morgan fingerprint density at radius 2 is 1.42 bits per heavy atom. The van der Waals surface area contributed by atoms with Crippen LogP contribution in [-0.2, 0) is 16.1 Å². The smallest absolute Gasteiger partial charge is 0.410 e. The van der Waals surface area contributed by atoms with Crippen molar-refractivity contribution in [1.29, 1.82) is 0 Å². The molecule has 0 bridgehead atoms. The van der Waals surface area contributed by atoms with Gasteiger partial charge in [0.1, 0.15) is 6.61 Å². The average molecular weight is 415 g/mol. The van der Waals surface area contributed by atoms with Crippen molar-refractivity contribution in [3.05, 3.63) is 108 Å². The number of rotatable bonds is 6. The van der Waals surface area contributed by atoms with Crippen LogP contribution in [0.2, 0.25) is 0 Å². The monoisotopic (exact) mass is 414 g/mol. The maximum absolute atomic E-state index is 13.2. The highest BCUT2D eigenvalue weighted by atomic mass is 16.6. The molecule has 1 saturated heterocycles. The normalized spacial score (nSPS) is 15.6. The number of hydrogen-bond acceptors (Lipinski definition) is 3. The summed E-state index contributed by atoms with van der Waals surface area (Å²) in [5.41, 5.74) is 2.85. The van der Waals surface area contributed by atoms with E-state index in [1.165, 1.54) is 0 Å². The molecule has 1 aliphatic heterocycles. The molecule has 5 nitrogen and oxygen atoms in total. The molecule has 4 rings (SSSR count). The summed E-state index contributed by atoms with van der Waals surface area (Å²) in [6.07, 6.45) is 0.367. The number of hydrogen-bond donors (Lipinski definition) is 1. The SMILES string of the molecule is O=C(NC1CCN(C(=O)OCc2ccccc2)C1)C(c1ccccc1)c1ccccc1. The Balaban J connectivity index is 1.37. The Hall–Kier alpha value is -3.60. The van der Waals surface area contributed by atoms with E-state index in [0.29, 0.717) is 19.5 Å². The van der Waals surface area contributed by atoms with Crippen molar-refractivity contribution in [2.24, 2.45) is 0 Å². The second-order valence-corrected chi connectivity index (χ2v) is 7.73. The van der Waals surface area contributed by atoms with Gasteiger partial charge in [0.15, 0.2) is 0 Å². The van der Waals surface area contributed by atoms with Crippen molar-refractivity contribution in [3.8, 4) is 0 Å². The summed E-state index contributed by atoms with van der Waals surface area (Å²) in [6.45, 7) is 1.27. The van der Waals surface area contributed by atoms with Crippen LogP contribution < -0.4 is 5.32 Å². The van der Waals surface area contributed by atoms with E-state index >= 15 is 0 Å². The van der Waals surface area contributed by atoms with Crippen molar-refractivity contribution in [2.75, 3.05) is 13.1 Å². The molecule has 1 fully saturated rings. The van der Waals surface area contributed by atoms with Gasteiger partial charge in [0.05, 0.1) is 5.92 Å². The Morgan fingerprint density at radius 1 is 0.871 bits per heavy atom. The molecule has 3 aromatic carbocycles. The molecular formula is C26H26N2O3. The highest BCUT2D eigenvalue weighted by Crippen LogP contribution is 2.25. The van der Waals surface area contributed by atoms with Crippen molar-refractivity contribution < 1.29 is 14.3 Å². The van der Waals surface area contributed by atoms with Crippen LogP contribution in [0.15, 0.2) is 91.0 Å². The first-order chi connectivity index (χ1) is 15.2. The van der Waals surface area contributed by atoms with E-state index in [-0.39, 0.29) is 30.6 Å². The zero-order valence-corrected chi connectivity index (χ0v) is 17.3. The first-order valence-corrected chi connectivity index (χ1v) is 10.6. The van der Waals surface area contributed by atoms with E-state index in [4.69, 9.17) is 4.74 Å². The zero-order valence-electron chi connectivity index (χ0n) is 17.3. The number of benzene rings is 3. The van der Waals surface area contributed by atoms with Crippen molar-refractivity contribution in [3.63, 3.8) is 0 Å². The van der Waals surface area contributed by atoms with Crippen LogP contribution in [0.5, 0.6) is 0 Å². The summed E-state index contributed by atoms with van der Waals surface area (Å²) in [7, 11) is 0. The predicted molar refractivity (Wildman–Crippen MR) is 119 cm³/mol. The third-order valence-corrected chi connectivity index (χ3v) is 5.53. The van der Waals surface area contributed by atoms with Gasteiger partial charge in [-0.3, -0.25) is 4.79 Å². The van der Waals surface area contributed by atoms with Crippen LogP contribution in [-0.4, -0.2) is 36.0 Å². The third kappa shape index (κ3) is 5.31. The zero-order chi connectivity index (χ0) is 21.5. The van der Waals surface area contributed by atoms with Crippen LogP contribution in [0.25, 0.3) is 0 Å². The molecule has 5 heteroatoms. The molecule has 1 N–H and O–H groups in total. The lowest BCUT2D eigenvalue weighted by atomic mass is 9.90. The number of nitrogens with zero attached hydrogens (tertiary/aromatic N) is 1. The topological polar surface area (TPSA) is 58.6 Å². The fourth-order valence-electron chi connectivity index (χ4n) is 3.93. The van der Waals surface area contributed by atoms with Gasteiger partial charge in [0.2, 0.25) is 5.91 Å². The van der Waals surface area contributed by atoms with Gasteiger partial charge in [0.25, 0.3) is 0 Å². The minimum atomic E-state index is -0.388. The van der Waals surface area contributed by atoms with E-state index in [2.05, 4.69) is 5.32 Å². The van der Waals surface area contributed by atoms with Gasteiger partial charge in [-0.25, -0.2) is 4.79 Å². The van der Waals surface area contributed by atoms with Crippen LogP contribution in [0.4, 0.5) is 4.79 Å². The molecule has 1 unspecified atom stereocenters. The van der Waals surface area contributed by atoms with E-state index in [1.54, 1.807) is 4.90 Å². The van der Waals surface area contributed by atoms with Crippen LogP contribution in [0.1, 0.15) is 29.0 Å². The lowest BCUT2D eigenvalue weighted by Gasteiger charge is -2.21. The minimum absolute atomic E-state index is 0.0538. The molecule has 1 atom stereocenters. The molecule has 0 saturated carbocycles. The Morgan fingerprint density at radius 3 is 2.00 bits per heavy atom. The highest BCUT2D eigenvalue weighted by molar-refractivity contribution is 5.87.